The lowest BCUT2D eigenvalue weighted by Gasteiger charge is -2.39. The lowest BCUT2D eigenvalue weighted by atomic mass is 9.72. The number of hydrogen-bond donors (Lipinski definition) is 1. The molecule has 2 N–H and O–H groups in total. The maximum atomic E-state index is 13.0. The maximum absolute atomic E-state index is 13.0. The summed E-state index contributed by atoms with van der Waals surface area (Å²) >= 11 is 0. The highest BCUT2D eigenvalue weighted by molar-refractivity contribution is 5.26. The first-order valence-electron chi connectivity index (χ1n) is 6.61. The summed E-state index contributed by atoms with van der Waals surface area (Å²) in [4.78, 5) is 0. The van der Waals surface area contributed by atoms with Gasteiger partial charge < -0.3 is 10.5 Å². The van der Waals surface area contributed by atoms with Gasteiger partial charge in [-0.05, 0) is 36.5 Å². The van der Waals surface area contributed by atoms with Crippen LogP contribution in [0.25, 0.3) is 0 Å². The first-order valence-corrected chi connectivity index (χ1v) is 6.61. The van der Waals surface area contributed by atoms with E-state index in [0.29, 0.717) is 5.92 Å². The second-order valence-corrected chi connectivity index (χ2v) is 5.73. The fourth-order valence-electron chi connectivity index (χ4n) is 2.71. The van der Waals surface area contributed by atoms with Crippen LogP contribution < -0.4 is 5.73 Å². The molecular formula is C15H22FNO. The fourth-order valence-corrected chi connectivity index (χ4v) is 2.71. The molecule has 2 nitrogen and oxygen atoms in total. The average Bonchev–Trinajstić information content (AvgIpc) is 2.39. The first kappa shape index (κ1) is 13.5. The smallest absolute Gasteiger partial charge is 0.123 e. The molecule has 0 amide bonds. The van der Waals surface area contributed by atoms with Crippen molar-refractivity contribution in [2.75, 3.05) is 13.2 Å². The van der Waals surface area contributed by atoms with Gasteiger partial charge in [0.25, 0.3) is 0 Å². The fraction of sp³-hybridized carbons (Fsp3) is 0.600. The van der Waals surface area contributed by atoms with Crippen molar-refractivity contribution in [3.05, 3.63) is 35.6 Å². The summed E-state index contributed by atoms with van der Waals surface area (Å²) in [6, 6.07) is 6.70. The van der Waals surface area contributed by atoms with Crippen molar-refractivity contribution in [3.8, 4) is 0 Å². The van der Waals surface area contributed by atoms with Crippen molar-refractivity contribution in [1.29, 1.82) is 0 Å². The van der Waals surface area contributed by atoms with Gasteiger partial charge in [-0.3, -0.25) is 0 Å². The van der Waals surface area contributed by atoms with E-state index in [9.17, 15) is 4.39 Å². The van der Waals surface area contributed by atoms with Gasteiger partial charge in [-0.15, -0.1) is 0 Å². The summed E-state index contributed by atoms with van der Waals surface area (Å²) in [6.07, 6.45) is 2.20. The van der Waals surface area contributed by atoms with Crippen LogP contribution in [-0.4, -0.2) is 19.3 Å². The molecule has 100 valence electrons. The minimum absolute atomic E-state index is 0.0308. The van der Waals surface area contributed by atoms with Crippen LogP contribution in [0, 0.1) is 11.7 Å². The van der Waals surface area contributed by atoms with Crippen molar-refractivity contribution in [3.63, 3.8) is 0 Å². The molecular weight excluding hydrogens is 229 g/mol. The summed E-state index contributed by atoms with van der Waals surface area (Å²) in [5.74, 6) is 0.183. The molecule has 18 heavy (non-hydrogen) atoms. The predicted molar refractivity (Wildman–Crippen MR) is 70.9 cm³/mol. The van der Waals surface area contributed by atoms with Crippen LogP contribution in [0.1, 0.15) is 32.3 Å². The Hall–Kier alpha value is -0.930. The van der Waals surface area contributed by atoms with Gasteiger partial charge in [0.05, 0.1) is 6.61 Å². The van der Waals surface area contributed by atoms with E-state index in [1.165, 1.54) is 12.1 Å². The number of halogens is 1. The van der Waals surface area contributed by atoms with Crippen LogP contribution >= 0.6 is 0 Å². The number of hydrogen-bond acceptors (Lipinski definition) is 2. The molecule has 3 heteroatoms. The lowest BCUT2D eigenvalue weighted by molar-refractivity contribution is 0.0347. The largest absolute Gasteiger partial charge is 0.381 e. The number of benzene rings is 1. The molecule has 1 aromatic carbocycles. The molecule has 0 spiro atoms. The van der Waals surface area contributed by atoms with Crippen LogP contribution in [0.4, 0.5) is 4.39 Å². The monoisotopic (exact) mass is 251 g/mol. The van der Waals surface area contributed by atoms with Crippen molar-refractivity contribution in [2.24, 2.45) is 11.7 Å². The van der Waals surface area contributed by atoms with Crippen molar-refractivity contribution < 1.29 is 9.13 Å². The first-order chi connectivity index (χ1) is 8.51. The van der Waals surface area contributed by atoms with Crippen LogP contribution in [0.15, 0.2) is 24.3 Å². The Morgan fingerprint density at radius 3 is 2.56 bits per heavy atom. The SMILES string of the molecule is CC(C)(c1ccc(F)cc1)C(N)C1CCCOC1. The van der Waals surface area contributed by atoms with Crippen molar-refractivity contribution in [1.82, 2.24) is 0 Å². The molecule has 1 heterocycles. The quantitative estimate of drug-likeness (QED) is 0.896. The Morgan fingerprint density at radius 2 is 2.00 bits per heavy atom. The van der Waals surface area contributed by atoms with Crippen LogP contribution in [0.2, 0.25) is 0 Å². The number of ether oxygens (including phenoxy) is 1. The van der Waals surface area contributed by atoms with Gasteiger partial charge >= 0.3 is 0 Å². The third kappa shape index (κ3) is 2.73. The summed E-state index contributed by atoms with van der Waals surface area (Å²) in [7, 11) is 0. The molecule has 0 aromatic heterocycles. The van der Waals surface area contributed by atoms with Gasteiger partial charge in [-0.2, -0.15) is 0 Å². The van der Waals surface area contributed by atoms with Gasteiger partial charge in [0, 0.05) is 18.1 Å². The summed E-state index contributed by atoms with van der Waals surface area (Å²) in [5.41, 5.74) is 7.34. The standard InChI is InChI=1S/C15H22FNO/c1-15(2,12-5-7-13(16)8-6-12)14(17)11-4-3-9-18-10-11/h5-8,11,14H,3-4,9-10,17H2,1-2H3. The van der Waals surface area contributed by atoms with Gasteiger partial charge in [-0.25, -0.2) is 4.39 Å². The van der Waals surface area contributed by atoms with Gasteiger partial charge in [0.1, 0.15) is 5.82 Å². The molecule has 1 saturated heterocycles. The Morgan fingerprint density at radius 1 is 1.33 bits per heavy atom. The topological polar surface area (TPSA) is 35.2 Å². The molecule has 1 aliphatic rings. The van der Waals surface area contributed by atoms with E-state index >= 15 is 0 Å². The minimum Gasteiger partial charge on any atom is -0.381 e. The molecule has 1 aliphatic heterocycles. The van der Waals surface area contributed by atoms with E-state index in [1.807, 2.05) is 12.1 Å². The zero-order valence-corrected chi connectivity index (χ0v) is 11.2. The van der Waals surface area contributed by atoms with Gasteiger partial charge in [-0.1, -0.05) is 26.0 Å². The number of rotatable bonds is 3. The zero-order chi connectivity index (χ0) is 13.2. The Balaban J connectivity index is 2.15. The Labute approximate surface area is 108 Å². The highest BCUT2D eigenvalue weighted by Crippen LogP contribution is 2.32. The molecule has 0 aliphatic carbocycles. The van der Waals surface area contributed by atoms with Crippen LogP contribution in [0.3, 0.4) is 0 Å². The van der Waals surface area contributed by atoms with E-state index in [0.717, 1.165) is 31.6 Å². The third-order valence-electron chi connectivity index (χ3n) is 4.12. The molecule has 1 fully saturated rings. The van der Waals surface area contributed by atoms with Gasteiger partial charge in [0.2, 0.25) is 0 Å². The molecule has 2 unspecified atom stereocenters. The van der Waals surface area contributed by atoms with Crippen molar-refractivity contribution in [2.45, 2.75) is 38.1 Å². The van der Waals surface area contributed by atoms with Crippen molar-refractivity contribution >= 4 is 0 Å². The van der Waals surface area contributed by atoms with Crippen LogP contribution in [0.5, 0.6) is 0 Å². The molecule has 2 atom stereocenters. The molecule has 0 bridgehead atoms. The van der Waals surface area contributed by atoms with E-state index in [1.54, 1.807) is 0 Å². The summed E-state index contributed by atoms with van der Waals surface area (Å²) < 4.78 is 18.5. The molecule has 0 saturated carbocycles. The average molecular weight is 251 g/mol. The van der Waals surface area contributed by atoms with E-state index in [-0.39, 0.29) is 17.3 Å². The third-order valence-corrected chi connectivity index (χ3v) is 4.12. The van der Waals surface area contributed by atoms with E-state index < -0.39 is 0 Å². The van der Waals surface area contributed by atoms with E-state index in [4.69, 9.17) is 10.5 Å². The normalized spacial score (nSPS) is 22.8. The summed E-state index contributed by atoms with van der Waals surface area (Å²) in [5, 5.41) is 0. The van der Waals surface area contributed by atoms with Gasteiger partial charge in [0.15, 0.2) is 0 Å². The predicted octanol–water partition coefficient (Wildman–Crippen LogP) is 2.86. The maximum Gasteiger partial charge on any atom is 0.123 e. The second-order valence-electron chi connectivity index (χ2n) is 5.73. The second kappa shape index (κ2) is 5.37. The Kier molecular flexibility index (Phi) is 4.03. The molecule has 1 aromatic rings. The van der Waals surface area contributed by atoms with E-state index in [2.05, 4.69) is 13.8 Å². The zero-order valence-electron chi connectivity index (χ0n) is 11.2. The molecule has 2 rings (SSSR count). The molecule has 0 radical (unpaired) electrons. The minimum atomic E-state index is -0.205. The number of nitrogens with two attached hydrogens (primary N) is 1. The lowest BCUT2D eigenvalue weighted by Crippen LogP contribution is -2.48. The highest BCUT2D eigenvalue weighted by Gasteiger charge is 2.35. The highest BCUT2D eigenvalue weighted by atomic mass is 19.1. The Bertz CT molecular complexity index is 382. The summed E-state index contributed by atoms with van der Waals surface area (Å²) in [6.45, 7) is 5.84. The van der Waals surface area contributed by atoms with Crippen LogP contribution in [-0.2, 0) is 10.2 Å².